The Labute approximate surface area is 106 Å². The van der Waals surface area contributed by atoms with Crippen LogP contribution < -0.4 is 5.32 Å². The lowest BCUT2D eigenvalue weighted by atomic mass is 10.3. The van der Waals surface area contributed by atoms with Gasteiger partial charge in [0, 0.05) is 17.7 Å². The number of aromatic nitrogens is 4. The number of aryl methyl sites for hydroxylation is 1. The first-order valence-electron chi connectivity index (χ1n) is 4.99. The van der Waals surface area contributed by atoms with Crippen molar-refractivity contribution in [2.45, 2.75) is 13.0 Å². The van der Waals surface area contributed by atoms with Gasteiger partial charge >= 0.3 is 0 Å². The summed E-state index contributed by atoms with van der Waals surface area (Å²) in [5, 5.41) is 10.7. The van der Waals surface area contributed by atoms with Crippen molar-refractivity contribution in [1.82, 2.24) is 19.7 Å². The number of halogens is 2. The minimum Gasteiger partial charge on any atom is -0.358 e. The molecule has 0 saturated heterocycles. The molecule has 0 saturated carbocycles. The molecule has 2 aromatic rings. The highest BCUT2D eigenvalue weighted by Crippen LogP contribution is 2.20. The summed E-state index contributed by atoms with van der Waals surface area (Å²) in [4.78, 5) is 3.97. The van der Waals surface area contributed by atoms with Crippen LogP contribution in [0.2, 0.25) is 0 Å². The predicted molar refractivity (Wildman–Crippen MR) is 64.9 cm³/mol. The smallest absolute Gasteiger partial charge is 0.166 e. The topological polar surface area (TPSA) is 55.6 Å². The van der Waals surface area contributed by atoms with Crippen molar-refractivity contribution in [1.29, 1.82) is 0 Å². The van der Waals surface area contributed by atoms with Gasteiger partial charge in [-0.2, -0.15) is 0 Å². The lowest BCUT2D eigenvalue weighted by Crippen LogP contribution is -2.13. The zero-order valence-corrected chi connectivity index (χ0v) is 10.9. The van der Waals surface area contributed by atoms with Crippen LogP contribution in [0.1, 0.15) is 18.8 Å². The standard InChI is InChI=1S/C10H11BrFN5/c1-6(10-16-14-5-17(10)2)15-9-8(12)3-7(11)4-13-9/h3-6H,1-2H3,(H,13,15). The van der Waals surface area contributed by atoms with Crippen molar-refractivity contribution in [2.24, 2.45) is 7.05 Å². The van der Waals surface area contributed by atoms with Crippen molar-refractivity contribution in [3.63, 3.8) is 0 Å². The summed E-state index contributed by atoms with van der Waals surface area (Å²) in [6, 6.07) is 1.18. The Morgan fingerprint density at radius 2 is 2.29 bits per heavy atom. The highest BCUT2D eigenvalue weighted by molar-refractivity contribution is 9.10. The summed E-state index contributed by atoms with van der Waals surface area (Å²) in [6.45, 7) is 1.87. The molecule has 2 aromatic heterocycles. The van der Waals surface area contributed by atoms with E-state index < -0.39 is 5.82 Å². The molecule has 0 amide bonds. The summed E-state index contributed by atoms with van der Waals surface area (Å²) >= 11 is 3.16. The zero-order valence-electron chi connectivity index (χ0n) is 9.35. The van der Waals surface area contributed by atoms with Gasteiger partial charge in [0.15, 0.2) is 17.5 Å². The number of rotatable bonds is 3. The van der Waals surface area contributed by atoms with Crippen molar-refractivity contribution >= 4 is 21.7 Å². The summed E-state index contributed by atoms with van der Waals surface area (Å²) in [5.41, 5.74) is 0. The molecule has 7 heteroatoms. The second-order valence-corrected chi connectivity index (χ2v) is 4.57. The maximum Gasteiger partial charge on any atom is 0.166 e. The van der Waals surface area contributed by atoms with Gasteiger partial charge in [0.05, 0.1) is 6.04 Å². The van der Waals surface area contributed by atoms with Crippen LogP contribution in [0.25, 0.3) is 0 Å². The maximum absolute atomic E-state index is 13.6. The number of nitrogens with zero attached hydrogens (tertiary/aromatic N) is 4. The molecule has 1 unspecified atom stereocenters. The molecular weight excluding hydrogens is 289 g/mol. The van der Waals surface area contributed by atoms with E-state index >= 15 is 0 Å². The normalized spacial score (nSPS) is 12.5. The van der Waals surface area contributed by atoms with Crippen LogP contribution in [0, 0.1) is 5.82 Å². The van der Waals surface area contributed by atoms with Crippen LogP contribution in [-0.4, -0.2) is 19.7 Å². The molecule has 0 radical (unpaired) electrons. The summed E-state index contributed by atoms with van der Waals surface area (Å²) in [7, 11) is 1.83. The fourth-order valence-electron chi connectivity index (χ4n) is 1.47. The number of hydrogen-bond acceptors (Lipinski definition) is 4. The Balaban J connectivity index is 2.19. The molecular formula is C10H11BrFN5. The fourth-order valence-corrected chi connectivity index (χ4v) is 1.78. The van der Waals surface area contributed by atoms with E-state index in [4.69, 9.17) is 0 Å². The van der Waals surface area contributed by atoms with E-state index in [9.17, 15) is 4.39 Å². The van der Waals surface area contributed by atoms with Crippen LogP contribution in [0.4, 0.5) is 10.2 Å². The van der Waals surface area contributed by atoms with E-state index in [1.165, 1.54) is 12.3 Å². The van der Waals surface area contributed by atoms with Gasteiger partial charge in [0.25, 0.3) is 0 Å². The van der Waals surface area contributed by atoms with Crippen molar-refractivity contribution in [2.75, 3.05) is 5.32 Å². The van der Waals surface area contributed by atoms with Crippen LogP contribution in [0.15, 0.2) is 23.1 Å². The summed E-state index contributed by atoms with van der Waals surface area (Å²) in [6.07, 6.45) is 3.13. The summed E-state index contributed by atoms with van der Waals surface area (Å²) in [5.74, 6) is 0.506. The van der Waals surface area contributed by atoms with Gasteiger partial charge in [-0.3, -0.25) is 0 Å². The van der Waals surface area contributed by atoms with Crippen LogP contribution in [0.3, 0.4) is 0 Å². The third kappa shape index (κ3) is 2.60. The highest BCUT2D eigenvalue weighted by atomic mass is 79.9. The second kappa shape index (κ2) is 4.79. The van der Waals surface area contributed by atoms with E-state index in [2.05, 4.69) is 36.4 Å². The largest absolute Gasteiger partial charge is 0.358 e. The lowest BCUT2D eigenvalue weighted by molar-refractivity contribution is 0.616. The minimum atomic E-state index is -0.409. The Bertz CT molecular complexity index is 527. The molecule has 2 heterocycles. The molecule has 0 aromatic carbocycles. The van der Waals surface area contributed by atoms with E-state index in [0.717, 1.165) is 0 Å². The Morgan fingerprint density at radius 1 is 1.53 bits per heavy atom. The lowest BCUT2D eigenvalue weighted by Gasteiger charge is -2.13. The van der Waals surface area contributed by atoms with E-state index in [0.29, 0.717) is 10.3 Å². The molecule has 0 bridgehead atoms. The molecule has 1 atom stereocenters. The Hall–Kier alpha value is -1.50. The highest BCUT2D eigenvalue weighted by Gasteiger charge is 2.14. The molecule has 2 rings (SSSR count). The first-order chi connectivity index (χ1) is 8.08. The van der Waals surface area contributed by atoms with Gasteiger partial charge in [-0.05, 0) is 28.9 Å². The van der Waals surface area contributed by atoms with Crippen LogP contribution >= 0.6 is 15.9 Å². The van der Waals surface area contributed by atoms with E-state index in [-0.39, 0.29) is 11.9 Å². The third-order valence-electron chi connectivity index (χ3n) is 2.29. The van der Waals surface area contributed by atoms with Crippen molar-refractivity contribution < 1.29 is 4.39 Å². The molecule has 17 heavy (non-hydrogen) atoms. The van der Waals surface area contributed by atoms with Gasteiger partial charge in [-0.1, -0.05) is 0 Å². The van der Waals surface area contributed by atoms with Gasteiger partial charge in [0.1, 0.15) is 6.33 Å². The second-order valence-electron chi connectivity index (χ2n) is 3.65. The molecule has 0 aliphatic rings. The molecule has 0 aliphatic carbocycles. The summed E-state index contributed by atoms with van der Waals surface area (Å²) < 4.78 is 15.9. The first-order valence-corrected chi connectivity index (χ1v) is 5.78. The van der Waals surface area contributed by atoms with Crippen molar-refractivity contribution in [3.8, 4) is 0 Å². The van der Waals surface area contributed by atoms with Gasteiger partial charge in [0.2, 0.25) is 0 Å². The zero-order chi connectivity index (χ0) is 12.4. The monoisotopic (exact) mass is 299 g/mol. The fraction of sp³-hybridized carbons (Fsp3) is 0.300. The Kier molecular flexibility index (Phi) is 3.37. The predicted octanol–water partition coefficient (Wildman–Crippen LogP) is 2.28. The molecule has 0 fully saturated rings. The molecule has 0 aliphatic heterocycles. The molecule has 1 N–H and O–H groups in total. The van der Waals surface area contributed by atoms with Gasteiger partial charge in [-0.15, -0.1) is 10.2 Å². The quantitative estimate of drug-likeness (QED) is 0.945. The molecule has 5 nitrogen and oxygen atoms in total. The average Bonchev–Trinajstić information content (AvgIpc) is 2.68. The Morgan fingerprint density at radius 3 is 2.88 bits per heavy atom. The van der Waals surface area contributed by atoms with Crippen LogP contribution in [-0.2, 0) is 7.05 Å². The molecule has 0 spiro atoms. The average molecular weight is 300 g/mol. The molecule has 90 valence electrons. The number of pyridine rings is 1. The number of hydrogen-bond donors (Lipinski definition) is 1. The minimum absolute atomic E-state index is 0.175. The number of nitrogens with one attached hydrogen (secondary N) is 1. The van der Waals surface area contributed by atoms with Gasteiger partial charge in [-0.25, -0.2) is 9.37 Å². The van der Waals surface area contributed by atoms with Gasteiger partial charge < -0.3 is 9.88 Å². The maximum atomic E-state index is 13.6. The van der Waals surface area contributed by atoms with Crippen LogP contribution in [0.5, 0.6) is 0 Å². The third-order valence-corrected chi connectivity index (χ3v) is 2.73. The SMILES string of the molecule is CC(Nc1ncc(Br)cc1F)c1nncn1C. The number of anilines is 1. The van der Waals surface area contributed by atoms with E-state index in [1.54, 1.807) is 10.9 Å². The first kappa shape index (κ1) is 12.0. The van der Waals surface area contributed by atoms with Crippen molar-refractivity contribution in [3.05, 3.63) is 34.7 Å². The van der Waals surface area contributed by atoms with E-state index in [1.807, 2.05) is 14.0 Å².